The fourth-order valence-corrected chi connectivity index (χ4v) is 2.33. The van der Waals surface area contributed by atoms with Crippen LogP contribution in [0.5, 0.6) is 0 Å². The minimum atomic E-state index is -0.313. The van der Waals surface area contributed by atoms with Crippen molar-refractivity contribution in [3.05, 3.63) is 34.2 Å². The lowest BCUT2D eigenvalue weighted by Gasteiger charge is -2.40. The molecule has 0 aromatic carbocycles. The smallest absolute Gasteiger partial charge is 0.287 e. The number of allylic oxidation sites excluding steroid dienone is 1. The van der Waals surface area contributed by atoms with Crippen molar-refractivity contribution in [3.8, 4) is 0 Å². The summed E-state index contributed by atoms with van der Waals surface area (Å²) in [6.07, 6.45) is 6.38. The third-order valence-electron chi connectivity index (χ3n) is 3.59. The predicted octanol–water partition coefficient (Wildman–Crippen LogP) is 2.06. The van der Waals surface area contributed by atoms with Crippen LogP contribution in [-0.4, -0.2) is 29.0 Å². The van der Waals surface area contributed by atoms with E-state index in [4.69, 9.17) is 16.3 Å². The Morgan fingerprint density at radius 2 is 2.42 bits per heavy atom. The van der Waals surface area contributed by atoms with Crippen LogP contribution in [0.4, 0.5) is 5.69 Å². The van der Waals surface area contributed by atoms with Crippen molar-refractivity contribution < 1.29 is 4.74 Å². The highest BCUT2D eigenvalue weighted by molar-refractivity contribution is 6.32. The number of nitrogens with one attached hydrogen (secondary N) is 1. The van der Waals surface area contributed by atoms with E-state index < -0.39 is 0 Å². The van der Waals surface area contributed by atoms with E-state index in [9.17, 15) is 4.79 Å². The molecule has 0 bridgehead atoms. The van der Waals surface area contributed by atoms with Crippen molar-refractivity contribution >= 4 is 17.3 Å². The number of ether oxygens (including phenoxy) is 1. The van der Waals surface area contributed by atoms with Gasteiger partial charge in [0.25, 0.3) is 5.56 Å². The van der Waals surface area contributed by atoms with Crippen molar-refractivity contribution in [2.24, 2.45) is 0 Å². The highest BCUT2D eigenvalue weighted by Gasteiger charge is 2.36. The lowest BCUT2D eigenvalue weighted by Crippen LogP contribution is -2.45. The molecule has 1 aliphatic carbocycles. The standard InChI is InChI=1S/C13H18ClN3O2/c1-3-7-17-12(18)11(14)10(8-16-17)15-9-13(19-2)5-4-6-13/h3,8,15H,1,4-7,9H2,2H3. The van der Waals surface area contributed by atoms with E-state index in [1.165, 1.54) is 11.1 Å². The minimum Gasteiger partial charge on any atom is -0.379 e. The summed E-state index contributed by atoms with van der Waals surface area (Å²) in [7, 11) is 1.71. The van der Waals surface area contributed by atoms with Gasteiger partial charge in [0.1, 0.15) is 5.02 Å². The van der Waals surface area contributed by atoms with Gasteiger partial charge in [-0.15, -0.1) is 6.58 Å². The quantitative estimate of drug-likeness (QED) is 0.812. The first-order valence-corrected chi connectivity index (χ1v) is 6.65. The van der Waals surface area contributed by atoms with Crippen LogP contribution in [0.3, 0.4) is 0 Å². The van der Waals surface area contributed by atoms with Gasteiger partial charge in [0, 0.05) is 13.7 Å². The van der Waals surface area contributed by atoms with Gasteiger partial charge in [-0.2, -0.15) is 5.10 Å². The summed E-state index contributed by atoms with van der Waals surface area (Å²) in [5, 5.41) is 7.36. The number of rotatable bonds is 6. The van der Waals surface area contributed by atoms with E-state index in [2.05, 4.69) is 17.0 Å². The van der Waals surface area contributed by atoms with Gasteiger partial charge >= 0.3 is 0 Å². The summed E-state index contributed by atoms with van der Waals surface area (Å²) in [6.45, 7) is 4.56. The molecule has 1 fully saturated rings. The second kappa shape index (κ2) is 5.75. The third kappa shape index (κ3) is 2.82. The lowest BCUT2D eigenvalue weighted by atomic mass is 9.80. The lowest BCUT2D eigenvalue weighted by molar-refractivity contribution is -0.0601. The molecule has 0 unspecified atom stereocenters. The Hall–Kier alpha value is -1.33. The number of hydrogen-bond acceptors (Lipinski definition) is 4. The molecule has 1 heterocycles. The van der Waals surface area contributed by atoms with Crippen LogP contribution in [0.25, 0.3) is 0 Å². The average molecular weight is 284 g/mol. The molecule has 1 aliphatic rings. The minimum absolute atomic E-state index is 0.126. The molecular weight excluding hydrogens is 266 g/mol. The first-order chi connectivity index (χ1) is 9.12. The summed E-state index contributed by atoms with van der Waals surface area (Å²) in [6, 6.07) is 0. The number of hydrogen-bond donors (Lipinski definition) is 1. The van der Waals surface area contributed by atoms with Gasteiger partial charge in [-0.1, -0.05) is 17.7 Å². The number of halogens is 1. The van der Waals surface area contributed by atoms with E-state index in [1.54, 1.807) is 19.4 Å². The Morgan fingerprint density at radius 3 is 2.95 bits per heavy atom. The first kappa shape index (κ1) is 14.1. The Morgan fingerprint density at radius 1 is 1.68 bits per heavy atom. The zero-order chi connectivity index (χ0) is 13.9. The molecule has 104 valence electrons. The van der Waals surface area contributed by atoms with Crippen molar-refractivity contribution in [2.75, 3.05) is 19.0 Å². The fraction of sp³-hybridized carbons (Fsp3) is 0.538. The number of aromatic nitrogens is 2. The van der Waals surface area contributed by atoms with E-state index >= 15 is 0 Å². The van der Waals surface area contributed by atoms with E-state index in [1.807, 2.05) is 0 Å². The van der Waals surface area contributed by atoms with E-state index in [0.29, 0.717) is 18.8 Å². The van der Waals surface area contributed by atoms with Crippen LogP contribution < -0.4 is 10.9 Å². The molecule has 19 heavy (non-hydrogen) atoms. The Labute approximate surface area is 117 Å². The van der Waals surface area contributed by atoms with E-state index in [0.717, 1.165) is 12.8 Å². The summed E-state index contributed by atoms with van der Waals surface area (Å²) in [5.74, 6) is 0. The molecule has 0 spiro atoms. The maximum absolute atomic E-state index is 11.9. The molecular formula is C13H18ClN3O2. The molecule has 0 radical (unpaired) electrons. The molecule has 1 aromatic rings. The van der Waals surface area contributed by atoms with Crippen LogP contribution in [0.1, 0.15) is 19.3 Å². The van der Waals surface area contributed by atoms with Gasteiger partial charge in [-0.3, -0.25) is 4.79 Å². The Kier molecular flexibility index (Phi) is 4.27. The highest BCUT2D eigenvalue weighted by atomic mass is 35.5. The van der Waals surface area contributed by atoms with Gasteiger partial charge in [-0.05, 0) is 19.3 Å². The second-order valence-electron chi connectivity index (χ2n) is 4.74. The summed E-state index contributed by atoms with van der Waals surface area (Å²) in [5.41, 5.74) is 0.112. The van der Waals surface area contributed by atoms with Crippen LogP contribution in [0.15, 0.2) is 23.6 Å². The van der Waals surface area contributed by atoms with Crippen molar-refractivity contribution in [2.45, 2.75) is 31.4 Å². The molecule has 0 saturated heterocycles. The molecule has 2 rings (SSSR count). The van der Waals surface area contributed by atoms with Gasteiger partial charge < -0.3 is 10.1 Å². The van der Waals surface area contributed by atoms with Gasteiger partial charge in [-0.25, -0.2) is 4.68 Å². The molecule has 6 heteroatoms. The summed E-state index contributed by atoms with van der Waals surface area (Å²) in [4.78, 5) is 11.9. The maximum Gasteiger partial charge on any atom is 0.287 e. The molecule has 0 aliphatic heterocycles. The normalized spacial score (nSPS) is 16.7. The van der Waals surface area contributed by atoms with Crippen LogP contribution >= 0.6 is 11.6 Å². The maximum atomic E-state index is 11.9. The second-order valence-corrected chi connectivity index (χ2v) is 5.12. The van der Waals surface area contributed by atoms with Crippen LogP contribution in [-0.2, 0) is 11.3 Å². The SMILES string of the molecule is C=CCn1ncc(NCC2(OC)CCC2)c(Cl)c1=O. The van der Waals surface area contributed by atoms with Gasteiger partial charge in [0.2, 0.25) is 0 Å². The third-order valence-corrected chi connectivity index (χ3v) is 3.95. The number of methoxy groups -OCH3 is 1. The largest absolute Gasteiger partial charge is 0.379 e. The number of nitrogens with zero attached hydrogens (tertiary/aromatic N) is 2. The van der Waals surface area contributed by atoms with E-state index in [-0.39, 0.29) is 16.2 Å². The molecule has 1 aromatic heterocycles. The van der Waals surface area contributed by atoms with Crippen molar-refractivity contribution in [1.29, 1.82) is 0 Å². The fourth-order valence-electron chi connectivity index (χ4n) is 2.12. The highest BCUT2D eigenvalue weighted by Crippen LogP contribution is 2.35. The van der Waals surface area contributed by atoms with Crippen LogP contribution in [0, 0.1) is 0 Å². The zero-order valence-corrected chi connectivity index (χ0v) is 11.7. The average Bonchev–Trinajstić information content (AvgIpc) is 2.37. The van der Waals surface area contributed by atoms with Crippen molar-refractivity contribution in [3.63, 3.8) is 0 Å². The van der Waals surface area contributed by atoms with Crippen molar-refractivity contribution in [1.82, 2.24) is 9.78 Å². The molecule has 0 amide bonds. The molecule has 0 atom stereocenters. The first-order valence-electron chi connectivity index (χ1n) is 6.27. The molecule has 1 saturated carbocycles. The molecule has 1 N–H and O–H groups in total. The van der Waals surface area contributed by atoms with Crippen LogP contribution in [0.2, 0.25) is 5.02 Å². The van der Waals surface area contributed by atoms with Gasteiger partial charge in [0.05, 0.1) is 24.0 Å². The topological polar surface area (TPSA) is 56.1 Å². The number of anilines is 1. The predicted molar refractivity (Wildman–Crippen MR) is 75.8 cm³/mol. The Bertz CT molecular complexity index is 518. The summed E-state index contributed by atoms with van der Waals surface area (Å²) < 4.78 is 6.78. The monoisotopic (exact) mass is 283 g/mol. The summed E-state index contributed by atoms with van der Waals surface area (Å²) >= 11 is 6.06. The zero-order valence-electron chi connectivity index (χ0n) is 11.0. The Balaban J connectivity index is 2.11. The molecule has 5 nitrogen and oxygen atoms in total. The van der Waals surface area contributed by atoms with Gasteiger partial charge in [0.15, 0.2) is 0 Å².